The molecule has 1 aromatic heterocycles. The second kappa shape index (κ2) is 6.70. The highest BCUT2D eigenvalue weighted by molar-refractivity contribution is 6.31. The lowest BCUT2D eigenvalue weighted by Crippen LogP contribution is -2.28. The van der Waals surface area contributed by atoms with Gasteiger partial charge in [-0.2, -0.15) is 0 Å². The summed E-state index contributed by atoms with van der Waals surface area (Å²) in [5.41, 5.74) is 7.82. The molecule has 1 heterocycles. The van der Waals surface area contributed by atoms with E-state index in [1.54, 1.807) is 13.3 Å². The zero-order valence-electron chi connectivity index (χ0n) is 10.9. The second-order valence-electron chi connectivity index (χ2n) is 4.45. The maximum Gasteiger partial charge on any atom is 0.0737 e. The van der Waals surface area contributed by atoms with E-state index in [0.717, 1.165) is 29.6 Å². The Morgan fingerprint density at radius 2 is 2.26 bits per heavy atom. The Hall–Kier alpha value is -1.36. The Bertz CT molecular complexity index is 547. The Labute approximate surface area is 117 Å². The van der Waals surface area contributed by atoms with Crippen LogP contribution in [0.1, 0.15) is 6.42 Å². The van der Waals surface area contributed by atoms with E-state index in [-0.39, 0.29) is 6.04 Å². The molecule has 0 bridgehead atoms. The number of fused-ring (bicyclic) bond motifs is 1. The first kappa shape index (κ1) is 14.1. The number of hydrogen-bond acceptors (Lipinski definition) is 4. The van der Waals surface area contributed by atoms with Crippen LogP contribution in [0.2, 0.25) is 5.02 Å². The fraction of sp³-hybridized carbons (Fsp3) is 0.357. The normalized spacial score (nSPS) is 12.6. The number of methoxy groups -OCH3 is 1. The summed E-state index contributed by atoms with van der Waals surface area (Å²) in [6.45, 7) is 1.38. The van der Waals surface area contributed by atoms with Crippen LogP contribution in [-0.2, 0) is 4.74 Å². The average molecular weight is 280 g/mol. The average Bonchev–Trinajstić information content (AvgIpc) is 2.39. The molecule has 2 aromatic rings. The molecule has 1 unspecified atom stereocenters. The lowest BCUT2D eigenvalue weighted by atomic mass is 10.1. The van der Waals surface area contributed by atoms with E-state index in [2.05, 4.69) is 10.3 Å². The number of halogens is 1. The molecule has 0 radical (unpaired) electrons. The first-order valence-corrected chi connectivity index (χ1v) is 6.61. The summed E-state index contributed by atoms with van der Waals surface area (Å²) in [4.78, 5) is 4.31. The predicted molar refractivity (Wildman–Crippen MR) is 79.7 cm³/mol. The number of nitrogens with two attached hydrogens (primary N) is 1. The maximum atomic E-state index is 5.96. The minimum Gasteiger partial charge on any atom is -0.384 e. The van der Waals surface area contributed by atoms with E-state index in [0.29, 0.717) is 11.6 Å². The molecule has 5 heteroatoms. The second-order valence-corrected chi connectivity index (χ2v) is 4.89. The highest BCUT2D eigenvalue weighted by Crippen LogP contribution is 2.24. The topological polar surface area (TPSA) is 60.2 Å². The predicted octanol–water partition coefficient (Wildman–Crippen LogP) is 2.66. The maximum absolute atomic E-state index is 5.96. The number of hydrogen-bond donors (Lipinski definition) is 2. The van der Waals surface area contributed by atoms with Crippen molar-refractivity contribution in [3.63, 3.8) is 0 Å². The first-order chi connectivity index (χ1) is 9.20. The lowest BCUT2D eigenvalue weighted by molar-refractivity contribution is 0.178. The molecule has 1 aromatic carbocycles. The molecular weight excluding hydrogens is 262 g/mol. The Morgan fingerprint density at radius 1 is 1.42 bits per heavy atom. The van der Waals surface area contributed by atoms with Gasteiger partial charge in [0, 0.05) is 42.0 Å². The summed E-state index contributed by atoms with van der Waals surface area (Å²) in [5, 5.41) is 5.13. The Kier molecular flexibility index (Phi) is 4.96. The molecule has 102 valence electrons. The molecule has 4 nitrogen and oxygen atoms in total. The van der Waals surface area contributed by atoms with Gasteiger partial charge in [-0.25, -0.2) is 0 Å². The third-order valence-corrected chi connectivity index (χ3v) is 3.15. The van der Waals surface area contributed by atoms with E-state index >= 15 is 0 Å². The number of aromatic nitrogens is 1. The molecule has 0 amide bonds. The van der Waals surface area contributed by atoms with Crippen LogP contribution in [0.4, 0.5) is 5.69 Å². The minimum atomic E-state index is 0.0556. The highest BCUT2D eigenvalue weighted by atomic mass is 35.5. The standard InChI is InChI=1S/C14H18ClN3O/c1-19-9-11(16)4-6-17-13-5-7-18-14-8-10(15)2-3-12(13)14/h2-3,5,7-8,11H,4,6,9,16H2,1H3,(H,17,18). The van der Waals surface area contributed by atoms with Crippen LogP contribution in [-0.4, -0.2) is 31.3 Å². The van der Waals surface area contributed by atoms with Gasteiger partial charge in [-0.05, 0) is 30.7 Å². The molecule has 3 N–H and O–H groups in total. The largest absolute Gasteiger partial charge is 0.384 e. The van der Waals surface area contributed by atoms with Crippen molar-refractivity contribution in [3.8, 4) is 0 Å². The number of rotatable bonds is 6. The zero-order valence-corrected chi connectivity index (χ0v) is 11.7. The van der Waals surface area contributed by atoms with Crippen molar-refractivity contribution in [3.05, 3.63) is 35.5 Å². The number of ether oxygens (including phenoxy) is 1. The third-order valence-electron chi connectivity index (χ3n) is 2.92. The molecular formula is C14H18ClN3O. The van der Waals surface area contributed by atoms with E-state index in [4.69, 9.17) is 22.1 Å². The van der Waals surface area contributed by atoms with Gasteiger partial charge in [0.2, 0.25) is 0 Å². The highest BCUT2D eigenvalue weighted by Gasteiger charge is 2.04. The van der Waals surface area contributed by atoms with Crippen molar-refractivity contribution >= 4 is 28.2 Å². The molecule has 0 saturated carbocycles. The minimum absolute atomic E-state index is 0.0556. The number of anilines is 1. The summed E-state index contributed by atoms with van der Waals surface area (Å²) in [7, 11) is 1.66. The van der Waals surface area contributed by atoms with Crippen molar-refractivity contribution in [2.45, 2.75) is 12.5 Å². The van der Waals surface area contributed by atoms with E-state index in [1.165, 1.54) is 0 Å². The third kappa shape index (κ3) is 3.80. The van der Waals surface area contributed by atoms with Crippen LogP contribution >= 0.6 is 11.6 Å². The van der Waals surface area contributed by atoms with Gasteiger partial charge < -0.3 is 15.8 Å². The summed E-state index contributed by atoms with van der Waals surface area (Å²) >= 11 is 5.96. The van der Waals surface area contributed by atoms with Gasteiger partial charge in [-0.1, -0.05) is 11.6 Å². The molecule has 2 rings (SSSR count). The molecule has 19 heavy (non-hydrogen) atoms. The monoisotopic (exact) mass is 279 g/mol. The zero-order chi connectivity index (χ0) is 13.7. The fourth-order valence-electron chi connectivity index (χ4n) is 1.97. The smallest absolute Gasteiger partial charge is 0.0737 e. The molecule has 0 saturated heterocycles. The van der Waals surface area contributed by atoms with Gasteiger partial charge in [0.15, 0.2) is 0 Å². The van der Waals surface area contributed by atoms with Crippen molar-refractivity contribution < 1.29 is 4.74 Å². The van der Waals surface area contributed by atoms with E-state index in [1.807, 2.05) is 24.3 Å². The number of nitrogens with zero attached hydrogens (tertiary/aromatic N) is 1. The Morgan fingerprint density at radius 3 is 3.05 bits per heavy atom. The van der Waals surface area contributed by atoms with Crippen LogP contribution < -0.4 is 11.1 Å². The van der Waals surface area contributed by atoms with E-state index in [9.17, 15) is 0 Å². The number of benzene rings is 1. The van der Waals surface area contributed by atoms with Gasteiger partial charge in [0.1, 0.15) is 0 Å². The van der Waals surface area contributed by atoms with Gasteiger partial charge >= 0.3 is 0 Å². The van der Waals surface area contributed by atoms with Crippen molar-refractivity contribution in [1.29, 1.82) is 0 Å². The van der Waals surface area contributed by atoms with Crippen LogP contribution in [0.25, 0.3) is 10.9 Å². The molecule has 1 atom stereocenters. The van der Waals surface area contributed by atoms with Crippen LogP contribution in [0, 0.1) is 0 Å². The molecule has 0 spiro atoms. The van der Waals surface area contributed by atoms with E-state index < -0.39 is 0 Å². The van der Waals surface area contributed by atoms with Gasteiger partial charge in [0.05, 0.1) is 12.1 Å². The molecule has 0 aliphatic rings. The first-order valence-electron chi connectivity index (χ1n) is 6.23. The molecule has 0 aliphatic carbocycles. The van der Waals surface area contributed by atoms with Gasteiger partial charge in [-0.3, -0.25) is 4.98 Å². The quantitative estimate of drug-likeness (QED) is 0.853. The summed E-state index contributed by atoms with van der Waals surface area (Å²) in [5.74, 6) is 0. The van der Waals surface area contributed by atoms with Gasteiger partial charge in [-0.15, -0.1) is 0 Å². The van der Waals surface area contributed by atoms with Crippen LogP contribution in [0.5, 0.6) is 0 Å². The van der Waals surface area contributed by atoms with Crippen molar-refractivity contribution in [2.75, 3.05) is 25.6 Å². The fourth-order valence-corrected chi connectivity index (χ4v) is 2.13. The summed E-state index contributed by atoms with van der Waals surface area (Å²) < 4.78 is 5.01. The number of nitrogens with one attached hydrogen (secondary N) is 1. The SMILES string of the molecule is COCC(N)CCNc1ccnc2cc(Cl)ccc12. The van der Waals surface area contributed by atoms with Crippen molar-refractivity contribution in [1.82, 2.24) is 4.98 Å². The van der Waals surface area contributed by atoms with Gasteiger partial charge in [0.25, 0.3) is 0 Å². The van der Waals surface area contributed by atoms with Crippen molar-refractivity contribution in [2.24, 2.45) is 5.73 Å². The molecule has 0 fully saturated rings. The summed E-state index contributed by atoms with van der Waals surface area (Å²) in [6, 6.07) is 7.71. The number of pyridine rings is 1. The molecule has 0 aliphatic heterocycles. The lowest BCUT2D eigenvalue weighted by Gasteiger charge is -2.13. The van der Waals surface area contributed by atoms with Crippen LogP contribution in [0.15, 0.2) is 30.5 Å². The van der Waals surface area contributed by atoms with Crippen LogP contribution in [0.3, 0.4) is 0 Å². The Balaban J connectivity index is 2.04. The summed E-state index contributed by atoms with van der Waals surface area (Å²) in [6.07, 6.45) is 2.63.